The minimum Gasteiger partial charge on any atom is -0.423 e. The Kier molecular flexibility index (Phi) is 6.39. The highest BCUT2D eigenvalue weighted by Crippen LogP contribution is 2.22. The molecule has 1 atom stereocenters. The first-order valence-corrected chi connectivity index (χ1v) is 11.3. The van der Waals surface area contributed by atoms with Crippen molar-refractivity contribution in [1.29, 1.82) is 0 Å². The van der Waals surface area contributed by atoms with Gasteiger partial charge in [-0.3, -0.25) is 9.69 Å². The first kappa shape index (κ1) is 19.5. The van der Waals surface area contributed by atoms with Crippen molar-refractivity contribution >= 4 is 34.8 Å². The number of benzene rings is 1. The van der Waals surface area contributed by atoms with Crippen LogP contribution in [0.2, 0.25) is 0 Å². The topological polar surface area (TPSA) is 78.8 Å². The van der Waals surface area contributed by atoms with Crippen molar-refractivity contribution in [2.75, 3.05) is 55.8 Å². The zero-order valence-corrected chi connectivity index (χ0v) is 17.1. The van der Waals surface area contributed by atoms with Crippen LogP contribution >= 0.6 is 11.8 Å². The van der Waals surface area contributed by atoms with Crippen molar-refractivity contribution in [2.45, 2.75) is 25.3 Å². The van der Waals surface area contributed by atoms with Crippen LogP contribution in [0.15, 0.2) is 28.7 Å². The van der Waals surface area contributed by atoms with Gasteiger partial charge in [-0.2, -0.15) is 4.98 Å². The summed E-state index contributed by atoms with van der Waals surface area (Å²) in [5, 5.41) is 0. The molecule has 1 aromatic carbocycles. The Hall–Kier alpha value is -1.77. The predicted molar refractivity (Wildman–Crippen MR) is 114 cm³/mol. The third kappa shape index (κ3) is 4.61. The van der Waals surface area contributed by atoms with Crippen molar-refractivity contribution in [3.63, 3.8) is 0 Å². The molecule has 2 fully saturated rings. The van der Waals surface area contributed by atoms with E-state index in [-0.39, 0.29) is 11.9 Å². The van der Waals surface area contributed by atoms with Crippen LogP contribution in [0.1, 0.15) is 19.3 Å². The normalized spacial score (nSPS) is 19.5. The van der Waals surface area contributed by atoms with Gasteiger partial charge in [0.2, 0.25) is 5.91 Å². The van der Waals surface area contributed by atoms with E-state index in [1.54, 1.807) is 11.8 Å². The fraction of sp³-hybridized carbons (Fsp3) is 0.600. The number of rotatable bonds is 7. The molecule has 0 spiro atoms. The summed E-state index contributed by atoms with van der Waals surface area (Å²) in [5.74, 6) is 1.96. The summed E-state index contributed by atoms with van der Waals surface area (Å²) >= 11 is 1.80. The number of carbonyl (C=O) groups is 1. The molecule has 1 amide bonds. The lowest BCUT2D eigenvalue weighted by molar-refractivity contribution is -0.131. The third-order valence-electron chi connectivity index (χ3n) is 5.55. The SMILES string of the molecule is NC(CCCCN1CCN(c2nc3ccccc3o2)CC1)C(=O)N1CCSC1. The second kappa shape index (κ2) is 9.15. The van der Waals surface area contributed by atoms with Gasteiger partial charge in [-0.15, -0.1) is 11.8 Å². The average Bonchev–Trinajstić information content (AvgIpc) is 3.40. The van der Waals surface area contributed by atoms with Crippen molar-refractivity contribution in [1.82, 2.24) is 14.8 Å². The lowest BCUT2D eigenvalue weighted by Crippen LogP contribution is -2.46. The van der Waals surface area contributed by atoms with Crippen molar-refractivity contribution in [3.8, 4) is 0 Å². The number of oxazole rings is 1. The van der Waals surface area contributed by atoms with E-state index in [0.29, 0.717) is 0 Å². The molecule has 8 heteroatoms. The Labute approximate surface area is 170 Å². The van der Waals surface area contributed by atoms with E-state index in [2.05, 4.69) is 14.8 Å². The smallest absolute Gasteiger partial charge is 0.298 e. The van der Waals surface area contributed by atoms with E-state index in [9.17, 15) is 4.79 Å². The molecule has 1 aromatic heterocycles. The van der Waals surface area contributed by atoms with Gasteiger partial charge in [0.05, 0.1) is 11.9 Å². The highest BCUT2D eigenvalue weighted by atomic mass is 32.2. The van der Waals surface area contributed by atoms with E-state index < -0.39 is 0 Å². The van der Waals surface area contributed by atoms with Crippen molar-refractivity contribution in [2.24, 2.45) is 5.73 Å². The maximum atomic E-state index is 12.2. The molecule has 28 heavy (non-hydrogen) atoms. The number of thioether (sulfide) groups is 1. The van der Waals surface area contributed by atoms with Gasteiger partial charge >= 0.3 is 0 Å². The Bertz CT molecular complexity index is 751. The largest absolute Gasteiger partial charge is 0.423 e. The number of aromatic nitrogens is 1. The van der Waals surface area contributed by atoms with Crippen LogP contribution in [0.4, 0.5) is 6.01 Å². The molecule has 2 aliphatic heterocycles. The Balaban J connectivity index is 1.15. The minimum absolute atomic E-state index is 0.122. The van der Waals surface area contributed by atoms with Crippen LogP contribution in [-0.4, -0.2) is 77.6 Å². The summed E-state index contributed by atoms with van der Waals surface area (Å²) in [6.45, 7) is 5.78. The summed E-state index contributed by atoms with van der Waals surface area (Å²) in [6.07, 6.45) is 2.86. The molecule has 2 aromatic rings. The number of fused-ring (bicyclic) bond motifs is 1. The van der Waals surface area contributed by atoms with Gasteiger partial charge in [-0.1, -0.05) is 18.6 Å². The van der Waals surface area contributed by atoms with Crippen LogP contribution in [0.5, 0.6) is 0 Å². The Morgan fingerprint density at radius 3 is 2.75 bits per heavy atom. The molecule has 7 nitrogen and oxygen atoms in total. The van der Waals surface area contributed by atoms with E-state index in [1.165, 1.54) is 0 Å². The van der Waals surface area contributed by atoms with Crippen molar-refractivity contribution < 1.29 is 9.21 Å². The first-order chi connectivity index (χ1) is 13.7. The van der Waals surface area contributed by atoms with E-state index in [0.717, 1.165) is 87.3 Å². The number of hydrogen-bond donors (Lipinski definition) is 1. The fourth-order valence-corrected chi connectivity index (χ4v) is 4.76. The molecule has 4 rings (SSSR count). The zero-order valence-electron chi connectivity index (χ0n) is 16.3. The summed E-state index contributed by atoms with van der Waals surface area (Å²) in [7, 11) is 0. The predicted octanol–water partition coefficient (Wildman–Crippen LogP) is 1.98. The van der Waals surface area contributed by atoms with Crippen molar-refractivity contribution in [3.05, 3.63) is 24.3 Å². The van der Waals surface area contributed by atoms with E-state index in [4.69, 9.17) is 10.2 Å². The molecule has 0 saturated carbocycles. The molecule has 2 N–H and O–H groups in total. The molecular formula is C20H29N5O2S. The maximum Gasteiger partial charge on any atom is 0.298 e. The number of unbranched alkanes of at least 4 members (excludes halogenated alkanes) is 1. The number of para-hydroxylation sites is 2. The maximum absolute atomic E-state index is 12.2. The van der Waals surface area contributed by atoms with Gasteiger partial charge in [0.15, 0.2) is 5.58 Å². The molecule has 0 radical (unpaired) electrons. The van der Waals surface area contributed by atoms with Crippen LogP contribution in [0.25, 0.3) is 11.1 Å². The molecule has 0 bridgehead atoms. The number of nitrogens with two attached hydrogens (primary N) is 1. The van der Waals surface area contributed by atoms with Crippen LogP contribution < -0.4 is 10.6 Å². The highest BCUT2D eigenvalue weighted by molar-refractivity contribution is 7.99. The van der Waals surface area contributed by atoms with Gasteiger partial charge in [-0.05, 0) is 31.5 Å². The van der Waals surface area contributed by atoms with Gasteiger partial charge in [0.1, 0.15) is 5.52 Å². The lowest BCUT2D eigenvalue weighted by Gasteiger charge is -2.33. The zero-order chi connectivity index (χ0) is 19.3. The number of anilines is 1. The monoisotopic (exact) mass is 403 g/mol. The van der Waals surface area contributed by atoms with Crippen LogP contribution in [0, 0.1) is 0 Å². The molecule has 0 aliphatic carbocycles. The molecule has 1 unspecified atom stereocenters. The average molecular weight is 404 g/mol. The quantitative estimate of drug-likeness (QED) is 0.708. The fourth-order valence-electron chi connectivity index (χ4n) is 3.80. The second-order valence-electron chi connectivity index (χ2n) is 7.53. The summed E-state index contributed by atoms with van der Waals surface area (Å²) in [6, 6.07) is 8.28. The molecule has 152 valence electrons. The second-order valence-corrected chi connectivity index (χ2v) is 8.61. The van der Waals surface area contributed by atoms with Gasteiger partial charge in [0.25, 0.3) is 6.01 Å². The van der Waals surface area contributed by atoms with Gasteiger partial charge in [0, 0.05) is 38.5 Å². The first-order valence-electron chi connectivity index (χ1n) is 10.2. The summed E-state index contributed by atoms with van der Waals surface area (Å²) < 4.78 is 5.88. The number of amides is 1. The standard InChI is InChI=1S/C20H29N5O2S/c21-16(19(26)25-13-14-28-15-25)5-3-4-8-23-9-11-24(12-10-23)20-22-17-6-1-2-7-18(17)27-20/h1-2,6-7,16H,3-5,8-15,21H2. The van der Waals surface area contributed by atoms with Gasteiger partial charge in [-0.25, -0.2) is 0 Å². The lowest BCUT2D eigenvalue weighted by atomic mass is 10.1. The number of hydrogen-bond acceptors (Lipinski definition) is 7. The molecular weight excluding hydrogens is 374 g/mol. The van der Waals surface area contributed by atoms with E-state index in [1.807, 2.05) is 29.2 Å². The van der Waals surface area contributed by atoms with E-state index >= 15 is 0 Å². The molecule has 2 aliphatic rings. The summed E-state index contributed by atoms with van der Waals surface area (Å²) in [5.41, 5.74) is 7.85. The third-order valence-corrected chi connectivity index (χ3v) is 6.51. The number of carbonyl (C=O) groups excluding carboxylic acids is 1. The summed E-state index contributed by atoms with van der Waals surface area (Å²) in [4.78, 5) is 23.4. The number of piperazine rings is 1. The minimum atomic E-state index is -0.338. The Morgan fingerprint density at radius 1 is 1.18 bits per heavy atom. The highest BCUT2D eigenvalue weighted by Gasteiger charge is 2.24. The molecule has 3 heterocycles. The Morgan fingerprint density at radius 2 is 2.00 bits per heavy atom. The van der Waals surface area contributed by atoms with Gasteiger partial charge < -0.3 is 20.0 Å². The molecule has 2 saturated heterocycles. The number of nitrogens with zero attached hydrogens (tertiary/aromatic N) is 4. The van der Waals surface area contributed by atoms with Crippen LogP contribution in [-0.2, 0) is 4.79 Å². The van der Waals surface area contributed by atoms with Crippen LogP contribution in [0.3, 0.4) is 0 Å².